The Labute approximate surface area is 131 Å². The largest absolute Gasteiger partial charge is 0.354 e. The van der Waals surface area contributed by atoms with E-state index in [1.54, 1.807) is 24.9 Å². The number of fused-ring (bicyclic) bond motifs is 1. The second-order valence-corrected chi connectivity index (χ2v) is 5.98. The van der Waals surface area contributed by atoms with Gasteiger partial charge in [0, 0.05) is 7.05 Å². The molecule has 0 saturated heterocycles. The lowest BCUT2D eigenvalue weighted by Gasteiger charge is -2.05. The maximum atomic E-state index is 12.7. The van der Waals surface area contributed by atoms with Crippen molar-refractivity contribution in [2.24, 2.45) is 0 Å². The average Bonchev–Trinajstić information content (AvgIpc) is 2.88. The normalized spacial score (nSPS) is 10.8. The second-order valence-electron chi connectivity index (χ2n) is 4.98. The van der Waals surface area contributed by atoms with E-state index < -0.39 is 0 Å². The summed E-state index contributed by atoms with van der Waals surface area (Å²) in [6.45, 7) is 2.26. The number of thiophene rings is 1. The third kappa shape index (κ3) is 2.42. The van der Waals surface area contributed by atoms with Gasteiger partial charge in [0.25, 0.3) is 11.5 Å². The molecule has 1 N–H and O–H groups in total. The van der Waals surface area contributed by atoms with Crippen molar-refractivity contribution in [1.29, 1.82) is 0 Å². The van der Waals surface area contributed by atoms with Gasteiger partial charge in [-0.25, -0.2) is 4.98 Å². The van der Waals surface area contributed by atoms with Crippen LogP contribution in [0.5, 0.6) is 0 Å². The number of amides is 1. The highest BCUT2D eigenvalue weighted by Gasteiger charge is 2.18. The lowest BCUT2D eigenvalue weighted by Crippen LogP contribution is -2.21. The molecule has 1 aromatic carbocycles. The molecule has 0 fully saturated rings. The molecule has 1 amide bonds. The molecule has 0 radical (unpaired) electrons. The van der Waals surface area contributed by atoms with Gasteiger partial charge in [0.05, 0.1) is 23.1 Å². The van der Waals surface area contributed by atoms with E-state index >= 15 is 0 Å². The van der Waals surface area contributed by atoms with E-state index in [2.05, 4.69) is 10.3 Å². The summed E-state index contributed by atoms with van der Waals surface area (Å²) in [4.78, 5) is 30.0. The number of aryl methyl sites for hydroxylation is 1. The van der Waals surface area contributed by atoms with E-state index in [4.69, 9.17) is 0 Å². The Hall–Kier alpha value is -2.47. The number of rotatable bonds is 3. The molecule has 5 nitrogen and oxygen atoms in total. The fourth-order valence-electron chi connectivity index (χ4n) is 2.38. The Kier molecular flexibility index (Phi) is 3.77. The number of aromatic nitrogens is 2. The monoisotopic (exact) mass is 313 g/mol. The van der Waals surface area contributed by atoms with E-state index in [1.807, 2.05) is 30.3 Å². The molecule has 3 aromatic rings. The molecule has 0 unspecified atom stereocenters. The van der Waals surface area contributed by atoms with Crippen LogP contribution in [0.25, 0.3) is 10.2 Å². The lowest BCUT2D eigenvalue weighted by atomic mass is 10.2. The zero-order chi connectivity index (χ0) is 15.7. The Morgan fingerprint density at radius 3 is 2.73 bits per heavy atom. The number of hydrogen-bond acceptors (Lipinski definition) is 4. The van der Waals surface area contributed by atoms with Gasteiger partial charge in [-0.1, -0.05) is 30.3 Å². The summed E-state index contributed by atoms with van der Waals surface area (Å²) in [5, 5.41) is 3.12. The topological polar surface area (TPSA) is 64.0 Å². The minimum Gasteiger partial charge on any atom is -0.354 e. The van der Waals surface area contributed by atoms with Gasteiger partial charge < -0.3 is 5.32 Å². The molecule has 0 saturated carbocycles. The van der Waals surface area contributed by atoms with E-state index in [9.17, 15) is 9.59 Å². The van der Waals surface area contributed by atoms with Crippen molar-refractivity contribution in [3.8, 4) is 0 Å². The first-order valence-corrected chi connectivity index (χ1v) is 7.68. The van der Waals surface area contributed by atoms with Crippen LogP contribution in [-0.2, 0) is 6.54 Å². The van der Waals surface area contributed by atoms with Crippen molar-refractivity contribution in [3.63, 3.8) is 0 Å². The summed E-state index contributed by atoms with van der Waals surface area (Å²) in [6.07, 6.45) is 1.54. The van der Waals surface area contributed by atoms with E-state index in [0.29, 0.717) is 27.2 Å². The van der Waals surface area contributed by atoms with Crippen LogP contribution in [0.15, 0.2) is 41.5 Å². The Morgan fingerprint density at radius 2 is 2.05 bits per heavy atom. The molecule has 2 aromatic heterocycles. The standard InChI is InChI=1S/C16H15N3O2S/c1-10-12-15(22-13(10)14(20)17-2)18-9-19(16(12)21)8-11-6-4-3-5-7-11/h3-7,9H,8H2,1-2H3,(H,17,20). The molecule has 0 spiro atoms. The molecular weight excluding hydrogens is 298 g/mol. The summed E-state index contributed by atoms with van der Waals surface area (Å²) in [5.74, 6) is -0.186. The van der Waals surface area contributed by atoms with E-state index in [1.165, 1.54) is 11.3 Å². The molecule has 0 aliphatic rings. The van der Waals surface area contributed by atoms with Crippen LogP contribution in [0.2, 0.25) is 0 Å². The first kappa shape index (κ1) is 14.5. The predicted molar refractivity (Wildman–Crippen MR) is 87.6 cm³/mol. The van der Waals surface area contributed by atoms with Crippen molar-refractivity contribution in [3.05, 3.63) is 63.0 Å². The highest BCUT2D eigenvalue weighted by molar-refractivity contribution is 7.20. The van der Waals surface area contributed by atoms with Crippen LogP contribution in [0, 0.1) is 6.92 Å². The maximum absolute atomic E-state index is 12.7. The molecule has 2 heterocycles. The summed E-state index contributed by atoms with van der Waals surface area (Å²) in [7, 11) is 1.58. The number of carbonyl (C=O) groups excluding carboxylic acids is 1. The molecule has 6 heteroatoms. The number of hydrogen-bond donors (Lipinski definition) is 1. The Morgan fingerprint density at radius 1 is 1.32 bits per heavy atom. The Balaban J connectivity index is 2.11. The third-order valence-electron chi connectivity index (χ3n) is 3.55. The van der Waals surface area contributed by atoms with Crippen LogP contribution in [0.1, 0.15) is 20.8 Å². The predicted octanol–water partition coefficient (Wildman–Crippen LogP) is 2.17. The zero-order valence-corrected chi connectivity index (χ0v) is 13.1. The third-order valence-corrected chi connectivity index (χ3v) is 4.74. The van der Waals surface area contributed by atoms with Gasteiger partial charge in [0.2, 0.25) is 0 Å². The van der Waals surface area contributed by atoms with Gasteiger partial charge in [-0.15, -0.1) is 11.3 Å². The minimum absolute atomic E-state index is 0.113. The number of benzene rings is 1. The molecule has 112 valence electrons. The van der Waals surface area contributed by atoms with Crippen LogP contribution >= 0.6 is 11.3 Å². The van der Waals surface area contributed by atoms with Crippen molar-refractivity contribution in [2.75, 3.05) is 7.05 Å². The van der Waals surface area contributed by atoms with Crippen LogP contribution in [0.3, 0.4) is 0 Å². The molecular formula is C16H15N3O2S. The van der Waals surface area contributed by atoms with Gasteiger partial charge in [-0.05, 0) is 18.1 Å². The Bertz CT molecular complexity index is 897. The van der Waals surface area contributed by atoms with E-state index in [0.717, 1.165) is 5.56 Å². The highest BCUT2D eigenvalue weighted by atomic mass is 32.1. The fraction of sp³-hybridized carbons (Fsp3) is 0.188. The second kappa shape index (κ2) is 5.73. The molecule has 22 heavy (non-hydrogen) atoms. The highest BCUT2D eigenvalue weighted by Crippen LogP contribution is 2.26. The maximum Gasteiger partial charge on any atom is 0.262 e. The smallest absolute Gasteiger partial charge is 0.262 e. The molecule has 0 aliphatic heterocycles. The van der Waals surface area contributed by atoms with Crippen molar-refractivity contribution in [1.82, 2.24) is 14.9 Å². The molecule has 0 bridgehead atoms. The van der Waals surface area contributed by atoms with Crippen molar-refractivity contribution in [2.45, 2.75) is 13.5 Å². The number of nitrogens with zero attached hydrogens (tertiary/aromatic N) is 2. The summed E-state index contributed by atoms with van der Waals surface area (Å²) >= 11 is 1.25. The molecule has 0 aliphatic carbocycles. The first-order chi connectivity index (χ1) is 10.6. The lowest BCUT2D eigenvalue weighted by molar-refractivity contribution is 0.0966. The van der Waals surface area contributed by atoms with Crippen molar-refractivity contribution >= 4 is 27.5 Å². The summed E-state index contributed by atoms with van der Waals surface area (Å²) in [5.41, 5.74) is 1.61. The quantitative estimate of drug-likeness (QED) is 0.806. The molecule has 3 rings (SSSR count). The average molecular weight is 313 g/mol. The molecule has 0 atom stereocenters. The number of nitrogens with one attached hydrogen (secondary N) is 1. The van der Waals surface area contributed by atoms with Gasteiger partial charge in [0.1, 0.15) is 4.83 Å². The van der Waals surface area contributed by atoms with Crippen LogP contribution in [0.4, 0.5) is 0 Å². The van der Waals surface area contributed by atoms with Crippen LogP contribution < -0.4 is 10.9 Å². The minimum atomic E-state index is -0.186. The first-order valence-electron chi connectivity index (χ1n) is 6.86. The van der Waals surface area contributed by atoms with Gasteiger partial charge in [-0.2, -0.15) is 0 Å². The van der Waals surface area contributed by atoms with Crippen LogP contribution in [-0.4, -0.2) is 22.5 Å². The SMILES string of the molecule is CNC(=O)c1sc2ncn(Cc3ccccc3)c(=O)c2c1C. The van der Waals surface area contributed by atoms with Gasteiger partial charge >= 0.3 is 0 Å². The number of carbonyl (C=O) groups is 1. The van der Waals surface area contributed by atoms with E-state index in [-0.39, 0.29) is 11.5 Å². The van der Waals surface area contributed by atoms with Crippen molar-refractivity contribution < 1.29 is 4.79 Å². The zero-order valence-electron chi connectivity index (χ0n) is 12.3. The van der Waals surface area contributed by atoms with Gasteiger partial charge in [-0.3, -0.25) is 14.2 Å². The summed E-state index contributed by atoms with van der Waals surface area (Å²) < 4.78 is 1.57. The van der Waals surface area contributed by atoms with Gasteiger partial charge in [0.15, 0.2) is 0 Å². The fourth-order valence-corrected chi connectivity index (χ4v) is 3.47. The summed E-state index contributed by atoms with van der Waals surface area (Å²) in [6, 6.07) is 9.74.